The highest BCUT2D eigenvalue weighted by molar-refractivity contribution is 7.91. The van der Waals surface area contributed by atoms with Gasteiger partial charge in [-0.05, 0) is 19.1 Å². The summed E-state index contributed by atoms with van der Waals surface area (Å²) in [4.78, 5) is 3.94. The molecule has 0 aliphatic heterocycles. The summed E-state index contributed by atoms with van der Waals surface area (Å²) in [6, 6.07) is 6.56. The average Bonchev–Trinajstić information content (AvgIpc) is 2.29. The lowest BCUT2D eigenvalue weighted by Crippen LogP contribution is -2.05. The van der Waals surface area contributed by atoms with E-state index < -0.39 is 18.5 Å². The molecule has 1 aromatic rings. The van der Waals surface area contributed by atoms with Crippen LogP contribution in [0, 0.1) is 6.92 Å². The minimum absolute atomic E-state index is 0.0223. The number of benzene rings is 1. The molecule has 92 valence electrons. The van der Waals surface area contributed by atoms with E-state index in [1.807, 2.05) is 6.92 Å². The van der Waals surface area contributed by atoms with Crippen molar-refractivity contribution in [2.45, 2.75) is 11.8 Å². The van der Waals surface area contributed by atoms with E-state index in [0.29, 0.717) is 0 Å². The molecule has 7 heteroatoms. The van der Waals surface area contributed by atoms with E-state index in [1.165, 1.54) is 6.21 Å². The van der Waals surface area contributed by atoms with Gasteiger partial charge in [-0.1, -0.05) is 17.7 Å². The summed E-state index contributed by atoms with van der Waals surface area (Å²) in [5.74, 6) is -0.338. The second kappa shape index (κ2) is 6.59. The van der Waals surface area contributed by atoms with Crippen LogP contribution in [0.2, 0.25) is 0 Å². The first-order valence-corrected chi connectivity index (χ1v) is 7.17. The quantitative estimate of drug-likeness (QED) is 0.451. The molecule has 0 amide bonds. The first-order valence-electron chi connectivity index (χ1n) is 4.78. The summed E-state index contributed by atoms with van der Waals surface area (Å²) in [6.45, 7) is 1.91. The third kappa shape index (κ3) is 4.73. The van der Waals surface area contributed by atoms with Crippen molar-refractivity contribution in [3.63, 3.8) is 0 Å². The summed E-state index contributed by atoms with van der Waals surface area (Å²) < 4.78 is 37.9. The van der Waals surface area contributed by atoms with Crippen LogP contribution >= 0.6 is 8.69 Å². The van der Waals surface area contributed by atoms with Gasteiger partial charge in [-0.3, -0.25) is 9.52 Å². The number of rotatable bonds is 6. The van der Waals surface area contributed by atoms with Gasteiger partial charge in [0.1, 0.15) is 5.88 Å². The van der Waals surface area contributed by atoms with Crippen molar-refractivity contribution in [3.8, 4) is 0 Å². The monoisotopic (exact) mass is 273 g/mol. The second-order valence-corrected chi connectivity index (χ2v) is 5.66. The highest BCUT2D eigenvalue weighted by Crippen LogP contribution is 2.12. The van der Waals surface area contributed by atoms with Crippen molar-refractivity contribution >= 4 is 24.7 Å². The summed E-state index contributed by atoms with van der Waals surface area (Å²) in [7, 11) is -3.85. The topological polar surface area (TPSA) is 72.8 Å². The molecule has 0 atom stereocenters. The van der Waals surface area contributed by atoms with Crippen LogP contribution in [-0.4, -0.2) is 27.1 Å². The van der Waals surface area contributed by atoms with Crippen LogP contribution in [0.15, 0.2) is 34.2 Å². The second-order valence-electron chi connectivity index (χ2n) is 3.29. The van der Waals surface area contributed by atoms with Gasteiger partial charge in [0.15, 0.2) is 9.84 Å². The van der Waals surface area contributed by atoms with Crippen molar-refractivity contribution in [3.05, 3.63) is 29.8 Å². The van der Waals surface area contributed by atoms with E-state index in [9.17, 15) is 13.0 Å². The number of hydrogen-bond acceptors (Lipinski definition) is 5. The maximum Gasteiger partial charge on any atom is 0.327 e. The Morgan fingerprint density at radius 1 is 1.35 bits per heavy atom. The fourth-order valence-electron chi connectivity index (χ4n) is 1.09. The Labute approximate surface area is 102 Å². The number of aryl methyl sites for hydroxylation is 1. The van der Waals surface area contributed by atoms with Gasteiger partial charge in [-0.15, -0.1) is 0 Å². The molecular formula is C10H12NO4PS. The van der Waals surface area contributed by atoms with Gasteiger partial charge in [-0.2, -0.15) is 0 Å². The van der Waals surface area contributed by atoms with Crippen LogP contribution in [0.3, 0.4) is 0 Å². The molecule has 0 aromatic heterocycles. The molecule has 0 spiro atoms. The van der Waals surface area contributed by atoms with E-state index in [2.05, 4.69) is 9.52 Å². The smallest absolute Gasteiger partial charge is 0.289 e. The van der Waals surface area contributed by atoms with Gasteiger partial charge in [-0.25, -0.2) is 13.0 Å². The fourth-order valence-corrected chi connectivity index (χ4v) is 2.22. The van der Waals surface area contributed by atoms with Crippen molar-refractivity contribution < 1.29 is 17.5 Å². The number of sulfone groups is 1. The zero-order valence-electron chi connectivity index (χ0n) is 9.24. The molecule has 0 saturated heterocycles. The van der Waals surface area contributed by atoms with Crippen molar-refractivity contribution in [1.29, 1.82) is 0 Å². The molecule has 0 aliphatic carbocycles. The van der Waals surface area contributed by atoms with Gasteiger partial charge < -0.3 is 0 Å². The Morgan fingerprint density at radius 3 is 2.59 bits per heavy atom. The number of nitrogens with zero attached hydrogens (tertiary/aromatic N) is 1. The number of hydrogen-bond donors (Lipinski definition) is 0. The normalized spacial score (nSPS) is 12.3. The summed E-state index contributed by atoms with van der Waals surface area (Å²) in [5, 5.41) is 0. The van der Waals surface area contributed by atoms with Crippen LogP contribution in [0.4, 0.5) is 0 Å². The maximum atomic E-state index is 11.8. The van der Waals surface area contributed by atoms with Crippen LogP contribution < -0.4 is 0 Å². The standard InChI is InChI=1S/C10H12NO4PS/c1-9-2-4-10(5-3-9)17(13,14)8-11-6-7-15-16-12/h2-6H,7-8H2,1H3. The lowest BCUT2D eigenvalue weighted by molar-refractivity contribution is 0.403. The minimum Gasteiger partial charge on any atom is -0.289 e. The van der Waals surface area contributed by atoms with Gasteiger partial charge in [0.25, 0.3) is 0 Å². The molecule has 0 N–H and O–H groups in total. The van der Waals surface area contributed by atoms with Gasteiger partial charge in [0.2, 0.25) is 0 Å². The minimum atomic E-state index is -3.40. The Hall–Kier alpha value is -1.10. The molecule has 0 aliphatic rings. The molecule has 17 heavy (non-hydrogen) atoms. The van der Waals surface area contributed by atoms with Crippen LogP contribution in [0.5, 0.6) is 0 Å². The highest BCUT2D eigenvalue weighted by Gasteiger charge is 2.12. The Morgan fingerprint density at radius 2 is 2.00 bits per heavy atom. The lowest BCUT2D eigenvalue weighted by Gasteiger charge is -2.01. The molecule has 0 radical (unpaired) electrons. The zero-order chi connectivity index (χ0) is 12.7. The predicted octanol–water partition coefficient (Wildman–Crippen LogP) is 2.02. The van der Waals surface area contributed by atoms with Crippen molar-refractivity contribution in [1.82, 2.24) is 0 Å². The van der Waals surface area contributed by atoms with Crippen LogP contribution in [0.25, 0.3) is 0 Å². The molecule has 1 rings (SSSR count). The first-order chi connectivity index (χ1) is 8.06. The molecular weight excluding hydrogens is 261 g/mol. The SMILES string of the molecule is Cc1ccc(S(=O)(=O)CN=CCOP=O)cc1. The van der Waals surface area contributed by atoms with Gasteiger partial charge in [0.05, 0.1) is 11.5 Å². The Balaban J connectivity index is 2.66. The van der Waals surface area contributed by atoms with Crippen LogP contribution in [0.1, 0.15) is 5.56 Å². The molecule has 1 aromatic carbocycles. The summed E-state index contributed by atoms with van der Waals surface area (Å²) in [5.41, 5.74) is 0.996. The molecule has 5 nitrogen and oxygen atoms in total. The lowest BCUT2D eigenvalue weighted by atomic mass is 10.2. The fraction of sp³-hybridized carbons (Fsp3) is 0.300. The summed E-state index contributed by atoms with van der Waals surface area (Å²) >= 11 is 0. The predicted molar refractivity (Wildman–Crippen MR) is 65.3 cm³/mol. The van der Waals surface area contributed by atoms with E-state index in [4.69, 9.17) is 0 Å². The molecule has 0 saturated carbocycles. The number of aliphatic imine (C=N–C) groups is 1. The largest absolute Gasteiger partial charge is 0.327 e. The maximum absolute atomic E-state index is 11.8. The molecule has 0 heterocycles. The Kier molecular flexibility index (Phi) is 5.41. The van der Waals surface area contributed by atoms with Crippen molar-refractivity contribution in [2.75, 3.05) is 12.5 Å². The third-order valence-electron chi connectivity index (χ3n) is 1.96. The molecule has 0 fully saturated rings. The summed E-state index contributed by atoms with van der Waals surface area (Å²) in [6.07, 6.45) is 1.27. The van der Waals surface area contributed by atoms with Gasteiger partial charge in [0, 0.05) is 6.21 Å². The van der Waals surface area contributed by atoms with Gasteiger partial charge >= 0.3 is 8.69 Å². The van der Waals surface area contributed by atoms with E-state index >= 15 is 0 Å². The van der Waals surface area contributed by atoms with Crippen molar-refractivity contribution in [2.24, 2.45) is 4.99 Å². The Bertz CT molecular complexity index is 496. The van der Waals surface area contributed by atoms with E-state index in [0.717, 1.165) is 5.56 Å². The van der Waals surface area contributed by atoms with E-state index in [1.54, 1.807) is 24.3 Å². The van der Waals surface area contributed by atoms with E-state index in [-0.39, 0.29) is 17.4 Å². The molecule has 0 unspecified atom stereocenters. The average molecular weight is 273 g/mol. The zero-order valence-corrected chi connectivity index (χ0v) is 10.9. The molecule has 0 bridgehead atoms. The highest BCUT2D eigenvalue weighted by atomic mass is 32.2. The third-order valence-corrected chi connectivity index (χ3v) is 3.69. The van der Waals surface area contributed by atoms with Crippen LogP contribution in [-0.2, 0) is 18.9 Å². The first kappa shape index (κ1) is 14.0.